The standard InChI is InChI=1S/C14H28N4OS/c1-5-15-13(18-10-14(2,3)20-4)17-9-8-16-12(19)11-6-7-11/h11H,5-10H2,1-4H3,(H,16,19)(H2,15,17,18). The first-order valence-electron chi connectivity index (χ1n) is 7.33. The van der Waals surface area contributed by atoms with Crippen molar-refractivity contribution < 1.29 is 4.79 Å². The molecule has 0 atom stereocenters. The molecule has 0 spiro atoms. The number of carbonyl (C=O) groups is 1. The van der Waals surface area contributed by atoms with Gasteiger partial charge in [0.15, 0.2) is 5.96 Å². The second kappa shape index (κ2) is 8.39. The summed E-state index contributed by atoms with van der Waals surface area (Å²) < 4.78 is 0.141. The van der Waals surface area contributed by atoms with Crippen molar-refractivity contribution in [3.05, 3.63) is 0 Å². The normalized spacial score (nSPS) is 15.9. The molecule has 0 saturated heterocycles. The van der Waals surface area contributed by atoms with E-state index in [1.807, 2.05) is 18.7 Å². The van der Waals surface area contributed by atoms with Crippen molar-refractivity contribution in [3.8, 4) is 0 Å². The summed E-state index contributed by atoms with van der Waals surface area (Å²) in [5.41, 5.74) is 0. The second-order valence-electron chi connectivity index (χ2n) is 5.65. The molecule has 6 heteroatoms. The molecule has 5 nitrogen and oxygen atoms in total. The molecule has 0 radical (unpaired) electrons. The van der Waals surface area contributed by atoms with Gasteiger partial charge >= 0.3 is 0 Å². The van der Waals surface area contributed by atoms with E-state index in [0.29, 0.717) is 13.1 Å². The van der Waals surface area contributed by atoms with Gasteiger partial charge in [-0.1, -0.05) is 0 Å². The van der Waals surface area contributed by atoms with Crippen molar-refractivity contribution in [2.75, 3.05) is 32.4 Å². The summed E-state index contributed by atoms with van der Waals surface area (Å²) in [6.07, 6.45) is 4.20. The van der Waals surface area contributed by atoms with Crippen molar-refractivity contribution in [2.45, 2.75) is 38.4 Å². The van der Waals surface area contributed by atoms with Crippen LogP contribution in [0.25, 0.3) is 0 Å². The van der Waals surface area contributed by atoms with Crippen LogP contribution in [-0.2, 0) is 4.79 Å². The highest BCUT2D eigenvalue weighted by Gasteiger charge is 2.28. The summed E-state index contributed by atoms with van der Waals surface area (Å²) in [5.74, 6) is 1.28. The van der Waals surface area contributed by atoms with Gasteiger partial charge in [-0.15, -0.1) is 0 Å². The predicted molar refractivity (Wildman–Crippen MR) is 87.3 cm³/mol. The van der Waals surface area contributed by atoms with Crippen LogP contribution in [0, 0.1) is 5.92 Å². The van der Waals surface area contributed by atoms with Gasteiger partial charge in [0.05, 0.1) is 6.54 Å². The van der Waals surface area contributed by atoms with E-state index in [1.165, 1.54) is 0 Å². The zero-order valence-electron chi connectivity index (χ0n) is 13.1. The molecule has 3 N–H and O–H groups in total. The third kappa shape index (κ3) is 7.03. The van der Waals surface area contributed by atoms with Gasteiger partial charge in [0.2, 0.25) is 5.91 Å². The van der Waals surface area contributed by atoms with E-state index in [1.54, 1.807) is 0 Å². The zero-order chi connectivity index (χ0) is 15.0. The number of hydrogen-bond acceptors (Lipinski definition) is 3. The molecule has 0 aliphatic heterocycles. The topological polar surface area (TPSA) is 65.5 Å². The van der Waals surface area contributed by atoms with Crippen LogP contribution in [0.3, 0.4) is 0 Å². The Kier molecular flexibility index (Phi) is 7.19. The van der Waals surface area contributed by atoms with Crippen LogP contribution >= 0.6 is 11.8 Å². The van der Waals surface area contributed by atoms with Crippen LogP contribution in [0.5, 0.6) is 0 Å². The monoisotopic (exact) mass is 300 g/mol. The Morgan fingerprint density at radius 2 is 1.90 bits per heavy atom. The third-order valence-electron chi connectivity index (χ3n) is 3.18. The maximum absolute atomic E-state index is 11.5. The Morgan fingerprint density at radius 3 is 2.45 bits per heavy atom. The molecule has 0 aromatic rings. The molecule has 116 valence electrons. The lowest BCUT2D eigenvalue weighted by Gasteiger charge is -2.20. The molecule has 1 aliphatic carbocycles. The summed E-state index contributed by atoms with van der Waals surface area (Å²) in [7, 11) is 0. The van der Waals surface area contributed by atoms with E-state index >= 15 is 0 Å². The third-order valence-corrected chi connectivity index (χ3v) is 4.41. The molecule has 20 heavy (non-hydrogen) atoms. The highest BCUT2D eigenvalue weighted by Crippen LogP contribution is 2.28. The second-order valence-corrected chi connectivity index (χ2v) is 7.16. The number of thioether (sulfide) groups is 1. The fraction of sp³-hybridized carbons (Fsp3) is 0.857. The summed E-state index contributed by atoms with van der Waals surface area (Å²) in [6, 6.07) is 0. The Labute approximate surface area is 126 Å². The van der Waals surface area contributed by atoms with Gasteiger partial charge in [0.25, 0.3) is 0 Å². The van der Waals surface area contributed by atoms with Crippen LogP contribution in [-0.4, -0.2) is 49.0 Å². The van der Waals surface area contributed by atoms with Crippen LogP contribution in [0.4, 0.5) is 0 Å². The van der Waals surface area contributed by atoms with Gasteiger partial charge < -0.3 is 16.0 Å². The van der Waals surface area contributed by atoms with Crippen molar-refractivity contribution >= 4 is 23.6 Å². The zero-order valence-corrected chi connectivity index (χ0v) is 13.9. The van der Waals surface area contributed by atoms with Gasteiger partial charge in [-0.25, -0.2) is 0 Å². The summed E-state index contributed by atoms with van der Waals surface area (Å²) in [4.78, 5) is 16.1. The minimum absolute atomic E-state index is 0.141. The minimum atomic E-state index is 0.141. The first-order valence-corrected chi connectivity index (χ1v) is 8.56. The van der Waals surface area contributed by atoms with Crippen LogP contribution in [0.1, 0.15) is 33.6 Å². The Bertz CT molecular complexity index is 340. The molecular formula is C14H28N4OS. The maximum atomic E-state index is 11.5. The molecule has 0 heterocycles. The highest BCUT2D eigenvalue weighted by atomic mass is 32.2. The number of carbonyl (C=O) groups excluding carboxylic acids is 1. The molecule has 0 aromatic carbocycles. The van der Waals surface area contributed by atoms with Crippen molar-refractivity contribution in [1.82, 2.24) is 16.0 Å². The number of amides is 1. The molecule has 0 bridgehead atoms. The molecule has 0 unspecified atom stereocenters. The first-order chi connectivity index (χ1) is 9.48. The highest BCUT2D eigenvalue weighted by molar-refractivity contribution is 7.99. The largest absolute Gasteiger partial charge is 0.357 e. The van der Waals surface area contributed by atoms with Crippen molar-refractivity contribution in [1.29, 1.82) is 0 Å². The average molecular weight is 300 g/mol. The number of guanidine groups is 1. The summed E-state index contributed by atoms with van der Waals surface area (Å²) >= 11 is 1.81. The molecule has 1 rings (SSSR count). The van der Waals surface area contributed by atoms with E-state index in [2.05, 4.69) is 41.0 Å². The molecule has 1 saturated carbocycles. The Balaban J connectivity index is 2.26. The van der Waals surface area contributed by atoms with Crippen molar-refractivity contribution in [3.63, 3.8) is 0 Å². The maximum Gasteiger partial charge on any atom is 0.223 e. The van der Waals surface area contributed by atoms with E-state index in [-0.39, 0.29) is 16.6 Å². The SMILES string of the molecule is CCNC(=NCC(C)(C)SC)NCCNC(=O)C1CC1. The van der Waals surface area contributed by atoms with Crippen LogP contribution in [0.2, 0.25) is 0 Å². The van der Waals surface area contributed by atoms with E-state index < -0.39 is 0 Å². The molecular weight excluding hydrogens is 272 g/mol. The number of hydrogen-bond donors (Lipinski definition) is 3. The smallest absolute Gasteiger partial charge is 0.223 e. The fourth-order valence-electron chi connectivity index (χ4n) is 1.53. The summed E-state index contributed by atoms with van der Waals surface area (Å²) in [6.45, 7) is 9.35. The van der Waals surface area contributed by atoms with Gasteiger partial charge in [-0.2, -0.15) is 11.8 Å². The number of rotatable bonds is 8. The van der Waals surface area contributed by atoms with Gasteiger partial charge in [-0.05, 0) is 39.9 Å². The summed E-state index contributed by atoms with van der Waals surface area (Å²) in [5, 5.41) is 9.40. The predicted octanol–water partition coefficient (Wildman–Crippen LogP) is 1.21. The Hall–Kier alpha value is -0.910. The average Bonchev–Trinajstić information content (AvgIpc) is 3.25. The van der Waals surface area contributed by atoms with Crippen LogP contribution in [0.15, 0.2) is 4.99 Å². The minimum Gasteiger partial charge on any atom is -0.357 e. The number of nitrogens with one attached hydrogen (secondary N) is 3. The van der Waals surface area contributed by atoms with E-state index in [9.17, 15) is 4.79 Å². The van der Waals surface area contributed by atoms with E-state index in [0.717, 1.165) is 31.9 Å². The molecule has 1 amide bonds. The van der Waals surface area contributed by atoms with E-state index in [4.69, 9.17) is 0 Å². The van der Waals surface area contributed by atoms with Gasteiger partial charge in [0, 0.05) is 30.3 Å². The van der Waals surface area contributed by atoms with Gasteiger partial charge in [0.1, 0.15) is 0 Å². The molecule has 1 aliphatic rings. The van der Waals surface area contributed by atoms with Gasteiger partial charge in [-0.3, -0.25) is 9.79 Å². The molecule has 0 aromatic heterocycles. The first kappa shape index (κ1) is 17.1. The number of aliphatic imine (C=N–C) groups is 1. The fourth-order valence-corrected chi connectivity index (χ4v) is 1.73. The quantitative estimate of drug-likeness (QED) is 0.358. The van der Waals surface area contributed by atoms with Crippen LogP contribution < -0.4 is 16.0 Å². The lowest BCUT2D eigenvalue weighted by molar-refractivity contribution is -0.122. The lowest BCUT2D eigenvalue weighted by Crippen LogP contribution is -2.42. The van der Waals surface area contributed by atoms with Crippen molar-refractivity contribution in [2.24, 2.45) is 10.9 Å². The number of nitrogens with zero attached hydrogens (tertiary/aromatic N) is 1. The molecule has 1 fully saturated rings. The lowest BCUT2D eigenvalue weighted by atomic mass is 10.2. The Morgan fingerprint density at radius 1 is 1.25 bits per heavy atom.